The molecule has 0 atom stereocenters. The van der Waals surface area contributed by atoms with Crippen molar-refractivity contribution < 1.29 is 23.1 Å². The number of carboxylic acids is 1. The van der Waals surface area contributed by atoms with Gasteiger partial charge in [0.15, 0.2) is 0 Å². The first-order chi connectivity index (χ1) is 13.6. The van der Waals surface area contributed by atoms with Gasteiger partial charge in [-0.1, -0.05) is 12.1 Å². The number of carbonyl (C=O) groups is 1. The van der Waals surface area contributed by atoms with Gasteiger partial charge < -0.3 is 14.8 Å². The summed E-state index contributed by atoms with van der Waals surface area (Å²) >= 11 is 0. The highest BCUT2D eigenvalue weighted by atomic mass is 32.2. The number of H-pyrrole nitrogens is 1. The number of imidazole rings is 1. The summed E-state index contributed by atoms with van der Waals surface area (Å²) in [7, 11) is -0.740. The highest BCUT2D eigenvalue weighted by Gasteiger charge is 2.26. The topological polar surface area (TPSA) is 113 Å². The molecule has 9 heteroatoms. The third-order valence-corrected chi connectivity index (χ3v) is 6.81. The van der Waals surface area contributed by atoms with Gasteiger partial charge in [0, 0.05) is 7.05 Å². The zero-order chi connectivity index (χ0) is 21.3. The maximum atomic E-state index is 13.2. The minimum atomic E-state index is -3.77. The summed E-state index contributed by atoms with van der Waals surface area (Å²) in [6, 6.07) is 8.60. The summed E-state index contributed by atoms with van der Waals surface area (Å²) in [6.45, 7) is 3.49. The molecule has 0 unspecified atom stereocenters. The number of aliphatic carboxylic acids is 1. The van der Waals surface area contributed by atoms with Gasteiger partial charge in [0.2, 0.25) is 10.0 Å². The van der Waals surface area contributed by atoms with E-state index in [1.165, 1.54) is 18.5 Å². The van der Waals surface area contributed by atoms with E-state index in [9.17, 15) is 13.2 Å². The minimum absolute atomic E-state index is 0.0223. The zero-order valence-corrected chi connectivity index (χ0v) is 17.5. The molecule has 29 heavy (non-hydrogen) atoms. The summed E-state index contributed by atoms with van der Waals surface area (Å²) in [6.07, 6.45) is -0.153. The number of carboxylic acid groups (broad SMARTS) is 1. The van der Waals surface area contributed by atoms with E-state index in [1.54, 1.807) is 44.2 Å². The number of aryl methyl sites for hydroxylation is 2. The molecule has 0 fully saturated rings. The summed E-state index contributed by atoms with van der Waals surface area (Å²) in [5.74, 6) is 0.0878. The number of para-hydroxylation sites is 1. The molecule has 0 aliphatic heterocycles. The third kappa shape index (κ3) is 4.10. The van der Waals surface area contributed by atoms with Gasteiger partial charge in [-0.15, -0.1) is 0 Å². The number of aromatic amines is 1. The van der Waals surface area contributed by atoms with Crippen LogP contribution in [0.2, 0.25) is 0 Å². The van der Waals surface area contributed by atoms with Crippen LogP contribution >= 0.6 is 0 Å². The fourth-order valence-corrected chi connectivity index (χ4v) is 4.95. The van der Waals surface area contributed by atoms with Crippen molar-refractivity contribution in [2.75, 3.05) is 14.2 Å². The van der Waals surface area contributed by atoms with E-state index < -0.39 is 16.0 Å². The zero-order valence-electron chi connectivity index (χ0n) is 16.7. The van der Waals surface area contributed by atoms with Crippen molar-refractivity contribution in [2.24, 2.45) is 0 Å². The fraction of sp³-hybridized carbons (Fsp3) is 0.300. The lowest BCUT2D eigenvalue weighted by atomic mass is 10.1. The van der Waals surface area contributed by atoms with Crippen molar-refractivity contribution >= 4 is 27.0 Å². The van der Waals surface area contributed by atoms with Crippen LogP contribution in [0.3, 0.4) is 0 Å². The summed E-state index contributed by atoms with van der Waals surface area (Å²) in [5.41, 5.74) is 2.97. The maximum Gasteiger partial charge on any atom is 0.307 e. The number of aromatic nitrogens is 2. The molecule has 1 aromatic heterocycles. The molecular weight excluding hydrogens is 394 g/mol. The van der Waals surface area contributed by atoms with Gasteiger partial charge in [-0.25, -0.2) is 13.4 Å². The molecular formula is C20H23N3O5S. The molecule has 3 aromatic rings. The Bertz CT molecular complexity index is 1160. The van der Waals surface area contributed by atoms with Gasteiger partial charge in [0.25, 0.3) is 0 Å². The molecule has 0 radical (unpaired) electrons. The van der Waals surface area contributed by atoms with Crippen LogP contribution in [0.5, 0.6) is 5.75 Å². The number of rotatable bonds is 7. The molecule has 0 aliphatic rings. The lowest BCUT2D eigenvalue weighted by Gasteiger charge is -2.19. The van der Waals surface area contributed by atoms with E-state index in [0.717, 1.165) is 0 Å². The van der Waals surface area contributed by atoms with Crippen LogP contribution < -0.4 is 4.74 Å². The number of benzene rings is 2. The second-order valence-corrected chi connectivity index (χ2v) is 8.90. The highest BCUT2D eigenvalue weighted by molar-refractivity contribution is 7.89. The smallest absolute Gasteiger partial charge is 0.307 e. The van der Waals surface area contributed by atoms with Crippen LogP contribution in [0.4, 0.5) is 0 Å². The van der Waals surface area contributed by atoms with Crippen LogP contribution in [0.1, 0.15) is 22.5 Å². The predicted molar refractivity (Wildman–Crippen MR) is 109 cm³/mol. The van der Waals surface area contributed by atoms with E-state index in [0.29, 0.717) is 39.3 Å². The Morgan fingerprint density at radius 1 is 1.24 bits per heavy atom. The number of fused-ring (bicyclic) bond motifs is 1. The number of ether oxygens (including phenoxy) is 1. The Hall–Kier alpha value is -2.91. The van der Waals surface area contributed by atoms with Crippen LogP contribution in [0, 0.1) is 13.8 Å². The molecule has 0 spiro atoms. The van der Waals surface area contributed by atoms with Crippen molar-refractivity contribution in [1.29, 1.82) is 0 Å². The molecule has 8 nitrogen and oxygen atoms in total. The van der Waals surface area contributed by atoms with Crippen LogP contribution in [-0.4, -0.2) is 47.9 Å². The molecule has 0 saturated carbocycles. The van der Waals surface area contributed by atoms with E-state index in [-0.39, 0.29) is 17.9 Å². The fourth-order valence-electron chi connectivity index (χ4n) is 3.41. The molecule has 0 bridgehead atoms. The number of hydrogen-bond acceptors (Lipinski definition) is 5. The third-order valence-electron chi connectivity index (χ3n) is 4.70. The van der Waals surface area contributed by atoms with Crippen LogP contribution in [0.25, 0.3) is 11.0 Å². The van der Waals surface area contributed by atoms with Gasteiger partial charge in [-0.2, -0.15) is 4.31 Å². The van der Waals surface area contributed by atoms with Crippen LogP contribution in [0.15, 0.2) is 35.2 Å². The van der Waals surface area contributed by atoms with Gasteiger partial charge in [0.05, 0.1) is 36.0 Å². The van der Waals surface area contributed by atoms with Crippen molar-refractivity contribution in [2.45, 2.75) is 31.7 Å². The lowest BCUT2D eigenvalue weighted by molar-refractivity contribution is -0.136. The number of sulfonamides is 1. The highest BCUT2D eigenvalue weighted by Crippen LogP contribution is 2.28. The Morgan fingerprint density at radius 2 is 1.90 bits per heavy atom. The monoisotopic (exact) mass is 417 g/mol. The summed E-state index contributed by atoms with van der Waals surface area (Å²) < 4.78 is 32.8. The van der Waals surface area contributed by atoms with Gasteiger partial charge in [0.1, 0.15) is 11.6 Å². The summed E-state index contributed by atoms with van der Waals surface area (Å²) in [4.78, 5) is 18.8. The Balaban J connectivity index is 1.94. The predicted octanol–water partition coefficient (Wildman–Crippen LogP) is 2.64. The number of methoxy groups -OCH3 is 1. The molecule has 1 heterocycles. The molecule has 0 aliphatic carbocycles. The Labute approximate surface area is 169 Å². The van der Waals surface area contributed by atoms with E-state index >= 15 is 0 Å². The number of hydrogen-bond donors (Lipinski definition) is 2. The molecule has 0 amide bonds. The second-order valence-electron chi connectivity index (χ2n) is 6.92. The maximum absolute atomic E-state index is 13.2. The lowest BCUT2D eigenvalue weighted by Crippen LogP contribution is -2.28. The molecule has 3 rings (SSSR count). The average Bonchev–Trinajstić information content (AvgIpc) is 3.03. The standard InChI is InChI=1S/C20H23N3O5S/c1-12-8-15(28-4)9-13(2)20(12)29(26,27)23(3)11-17-21-16-7-5-6-14(10-18(24)25)19(16)22-17/h5-9H,10-11H2,1-4H3,(H,21,22)(H,24,25). The van der Waals surface area contributed by atoms with Crippen molar-refractivity contribution in [3.63, 3.8) is 0 Å². The minimum Gasteiger partial charge on any atom is -0.497 e. The average molecular weight is 417 g/mol. The SMILES string of the molecule is COc1cc(C)c(S(=O)(=O)N(C)Cc2nc3c(CC(=O)O)cccc3[nH]2)c(C)c1. The number of nitrogens with zero attached hydrogens (tertiary/aromatic N) is 2. The number of nitrogens with one attached hydrogen (secondary N) is 1. The van der Waals surface area contributed by atoms with Crippen molar-refractivity contribution in [3.05, 3.63) is 52.8 Å². The van der Waals surface area contributed by atoms with Crippen molar-refractivity contribution in [3.8, 4) is 5.75 Å². The van der Waals surface area contributed by atoms with E-state index in [2.05, 4.69) is 9.97 Å². The first-order valence-electron chi connectivity index (χ1n) is 8.93. The largest absolute Gasteiger partial charge is 0.497 e. The molecule has 2 N–H and O–H groups in total. The van der Waals surface area contributed by atoms with Gasteiger partial charge in [-0.05, 0) is 48.7 Å². The van der Waals surface area contributed by atoms with Crippen LogP contribution in [-0.2, 0) is 27.8 Å². The molecule has 0 saturated heterocycles. The van der Waals surface area contributed by atoms with E-state index in [1.807, 2.05) is 0 Å². The first-order valence-corrected chi connectivity index (χ1v) is 10.4. The van der Waals surface area contributed by atoms with Gasteiger partial charge >= 0.3 is 5.97 Å². The summed E-state index contributed by atoms with van der Waals surface area (Å²) in [5, 5.41) is 9.07. The Kier molecular flexibility index (Phi) is 5.63. The second kappa shape index (κ2) is 7.84. The molecule has 2 aromatic carbocycles. The van der Waals surface area contributed by atoms with Crippen molar-refractivity contribution in [1.82, 2.24) is 14.3 Å². The molecule has 154 valence electrons. The van der Waals surface area contributed by atoms with E-state index in [4.69, 9.17) is 9.84 Å². The van der Waals surface area contributed by atoms with Gasteiger partial charge in [-0.3, -0.25) is 4.79 Å². The quantitative estimate of drug-likeness (QED) is 0.611. The first kappa shape index (κ1) is 20.8. The Morgan fingerprint density at radius 3 is 2.48 bits per heavy atom. The normalized spacial score (nSPS) is 11.9.